The number of hydrogen-bond donors (Lipinski definition) is 1. The van der Waals surface area contributed by atoms with Gasteiger partial charge in [-0.25, -0.2) is 0 Å². The van der Waals surface area contributed by atoms with Crippen LogP contribution in [0, 0.1) is 11.3 Å². The van der Waals surface area contributed by atoms with Crippen LogP contribution in [0.3, 0.4) is 0 Å². The van der Waals surface area contributed by atoms with E-state index in [0.29, 0.717) is 12.0 Å². The zero-order valence-electron chi connectivity index (χ0n) is 11.0. The SMILES string of the molecule is CC(C)C1NC2(CCSCC2)OCC1(C)C. The molecule has 1 unspecified atom stereocenters. The molecule has 2 aliphatic rings. The van der Waals surface area contributed by atoms with Crippen LogP contribution in [-0.2, 0) is 4.74 Å². The van der Waals surface area contributed by atoms with Crippen LogP contribution in [0.5, 0.6) is 0 Å². The Labute approximate surface area is 104 Å². The molecule has 1 atom stereocenters. The molecule has 0 bridgehead atoms. The molecule has 2 aliphatic heterocycles. The summed E-state index contributed by atoms with van der Waals surface area (Å²) < 4.78 is 6.18. The lowest BCUT2D eigenvalue weighted by atomic mass is 9.76. The van der Waals surface area contributed by atoms with Crippen LogP contribution >= 0.6 is 11.8 Å². The van der Waals surface area contributed by atoms with Gasteiger partial charge in [0.25, 0.3) is 0 Å². The second-order valence-electron chi connectivity index (χ2n) is 6.25. The second kappa shape index (κ2) is 4.51. The van der Waals surface area contributed by atoms with Crippen molar-refractivity contribution in [2.45, 2.75) is 52.3 Å². The van der Waals surface area contributed by atoms with Crippen molar-refractivity contribution < 1.29 is 4.74 Å². The Kier molecular flexibility index (Phi) is 3.58. The van der Waals surface area contributed by atoms with Crippen molar-refractivity contribution >= 4 is 11.8 Å². The van der Waals surface area contributed by atoms with Crippen LogP contribution in [0.1, 0.15) is 40.5 Å². The lowest BCUT2D eigenvalue weighted by molar-refractivity contribution is -0.168. The van der Waals surface area contributed by atoms with E-state index in [-0.39, 0.29) is 11.1 Å². The Morgan fingerprint density at radius 2 is 1.88 bits per heavy atom. The first-order chi connectivity index (χ1) is 7.45. The Bertz CT molecular complexity index is 246. The molecule has 0 amide bonds. The van der Waals surface area contributed by atoms with E-state index in [0.717, 1.165) is 19.4 Å². The van der Waals surface area contributed by atoms with E-state index in [1.165, 1.54) is 11.5 Å². The van der Waals surface area contributed by atoms with E-state index in [1.54, 1.807) is 0 Å². The van der Waals surface area contributed by atoms with Crippen LogP contribution in [0.25, 0.3) is 0 Å². The summed E-state index contributed by atoms with van der Waals surface area (Å²) in [5.41, 5.74) is 0.250. The normalized spacial score (nSPS) is 33.2. The van der Waals surface area contributed by atoms with E-state index < -0.39 is 0 Å². The van der Waals surface area contributed by atoms with Crippen molar-refractivity contribution in [1.29, 1.82) is 0 Å². The monoisotopic (exact) mass is 243 g/mol. The minimum atomic E-state index is -0.00426. The summed E-state index contributed by atoms with van der Waals surface area (Å²) in [5, 5.41) is 3.82. The quantitative estimate of drug-likeness (QED) is 0.765. The summed E-state index contributed by atoms with van der Waals surface area (Å²) in [6, 6.07) is 0.573. The Morgan fingerprint density at radius 3 is 2.44 bits per heavy atom. The maximum atomic E-state index is 6.18. The zero-order valence-corrected chi connectivity index (χ0v) is 11.8. The zero-order chi connectivity index (χ0) is 11.8. The van der Waals surface area contributed by atoms with Crippen molar-refractivity contribution in [2.24, 2.45) is 11.3 Å². The summed E-state index contributed by atoms with van der Waals surface area (Å²) >= 11 is 2.05. The van der Waals surface area contributed by atoms with Crippen molar-refractivity contribution in [3.8, 4) is 0 Å². The first kappa shape index (κ1) is 12.7. The Balaban J connectivity index is 2.10. The van der Waals surface area contributed by atoms with Gasteiger partial charge in [-0.05, 0) is 30.3 Å². The fourth-order valence-electron chi connectivity index (χ4n) is 2.99. The Hall–Kier alpha value is 0.270. The third-order valence-electron chi connectivity index (χ3n) is 3.95. The molecule has 1 N–H and O–H groups in total. The Morgan fingerprint density at radius 1 is 1.25 bits per heavy atom. The van der Waals surface area contributed by atoms with Gasteiger partial charge in [0.2, 0.25) is 0 Å². The van der Waals surface area contributed by atoms with Crippen LogP contribution in [-0.4, -0.2) is 29.9 Å². The molecule has 0 aliphatic carbocycles. The van der Waals surface area contributed by atoms with Gasteiger partial charge in [-0.3, -0.25) is 5.32 Å². The molecule has 0 aromatic heterocycles. The number of nitrogens with one attached hydrogen (secondary N) is 1. The predicted octanol–water partition coefficient (Wildman–Crippen LogP) is 2.88. The minimum Gasteiger partial charge on any atom is -0.360 e. The first-order valence-corrected chi connectivity index (χ1v) is 7.60. The molecule has 94 valence electrons. The van der Waals surface area contributed by atoms with E-state index in [9.17, 15) is 0 Å². The van der Waals surface area contributed by atoms with Gasteiger partial charge in [0.15, 0.2) is 0 Å². The van der Waals surface area contributed by atoms with E-state index in [2.05, 4.69) is 44.8 Å². The van der Waals surface area contributed by atoms with E-state index in [4.69, 9.17) is 4.74 Å². The summed E-state index contributed by atoms with van der Waals surface area (Å²) in [5.74, 6) is 3.14. The highest BCUT2D eigenvalue weighted by Gasteiger charge is 2.46. The molecule has 3 heteroatoms. The average Bonchev–Trinajstić information content (AvgIpc) is 2.23. The van der Waals surface area contributed by atoms with Crippen LogP contribution in [0.15, 0.2) is 0 Å². The molecule has 1 spiro atoms. The molecule has 0 radical (unpaired) electrons. The van der Waals surface area contributed by atoms with Crippen LogP contribution in [0.4, 0.5) is 0 Å². The van der Waals surface area contributed by atoms with Crippen molar-refractivity contribution in [2.75, 3.05) is 18.1 Å². The van der Waals surface area contributed by atoms with E-state index in [1.807, 2.05) is 0 Å². The minimum absolute atomic E-state index is 0.00426. The number of thioether (sulfide) groups is 1. The highest BCUT2D eigenvalue weighted by atomic mass is 32.2. The summed E-state index contributed by atoms with van der Waals surface area (Å²) in [6.45, 7) is 10.2. The standard InChI is InChI=1S/C13H25NOS/c1-10(2)11-12(3,4)9-15-13(14-11)5-7-16-8-6-13/h10-11,14H,5-9H2,1-4H3. The molecular weight excluding hydrogens is 218 g/mol. The molecule has 2 fully saturated rings. The lowest BCUT2D eigenvalue weighted by Gasteiger charge is -2.52. The highest BCUT2D eigenvalue weighted by molar-refractivity contribution is 7.99. The van der Waals surface area contributed by atoms with Gasteiger partial charge in [-0.15, -0.1) is 0 Å². The lowest BCUT2D eigenvalue weighted by Crippen LogP contribution is -2.65. The number of hydrogen-bond acceptors (Lipinski definition) is 3. The van der Waals surface area contributed by atoms with Crippen LogP contribution < -0.4 is 5.32 Å². The molecular formula is C13H25NOS. The summed E-state index contributed by atoms with van der Waals surface area (Å²) in [6.07, 6.45) is 2.33. The fourth-order valence-corrected chi connectivity index (χ4v) is 4.15. The van der Waals surface area contributed by atoms with Crippen LogP contribution in [0.2, 0.25) is 0 Å². The van der Waals surface area contributed by atoms with Gasteiger partial charge in [0, 0.05) is 11.5 Å². The van der Waals surface area contributed by atoms with E-state index >= 15 is 0 Å². The third-order valence-corrected chi connectivity index (χ3v) is 4.93. The molecule has 0 aromatic carbocycles. The number of ether oxygens (including phenoxy) is 1. The molecule has 0 aromatic rings. The fraction of sp³-hybridized carbons (Fsp3) is 1.00. The molecule has 2 saturated heterocycles. The van der Waals surface area contributed by atoms with Gasteiger partial charge in [-0.1, -0.05) is 27.7 Å². The summed E-state index contributed by atoms with van der Waals surface area (Å²) in [7, 11) is 0. The van der Waals surface area contributed by atoms with Crippen molar-refractivity contribution in [3.05, 3.63) is 0 Å². The van der Waals surface area contributed by atoms with Crippen molar-refractivity contribution in [3.63, 3.8) is 0 Å². The molecule has 2 nitrogen and oxygen atoms in total. The third kappa shape index (κ3) is 2.41. The van der Waals surface area contributed by atoms with Gasteiger partial charge >= 0.3 is 0 Å². The maximum absolute atomic E-state index is 6.18. The molecule has 2 rings (SSSR count). The van der Waals surface area contributed by atoms with Crippen molar-refractivity contribution in [1.82, 2.24) is 5.32 Å². The maximum Gasteiger partial charge on any atom is 0.121 e. The smallest absolute Gasteiger partial charge is 0.121 e. The largest absolute Gasteiger partial charge is 0.360 e. The second-order valence-corrected chi connectivity index (χ2v) is 7.47. The summed E-state index contributed by atoms with van der Waals surface area (Å²) in [4.78, 5) is 0. The number of rotatable bonds is 1. The van der Waals surface area contributed by atoms with Gasteiger partial charge < -0.3 is 4.74 Å². The van der Waals surface area contributed by atoms with Gasteiger partial charge in [0.1, 0.15) is 5.72 Å². The highest BCUT2D eigenvalue weighted by Crippen LogP contribution is 2.39. The predicted molar refractivity (Wildman–Crippen MR) is 70.8 cm³/mol. The van der Waals surface area contributed by atoms with Gasteiger partial charge in [-0.2, -0.15) is 11.8 Å². The molecule has 16 heavy (non-hydrogen) atoms. The molecule has 0 saturated carbocycles. The van der Waals surface area contributed by atoms with Gasteiger partial charge in [0.05, 0.1) is 6.61 Å². The molecule has 2 heterocycles. The average molecular weight is 243 g/mol. The first-order valence-electron chi connectivity index (χ1n) is 6.45. The topological polar surface area (TPSA) is 21.3 Å².